The van der Waals surface area contributed by atoms with Gasteiger partial charge in [0.2, 0.25) is 17.7 Å². The van der Waals surface area contributed by atoms with Gasteiger partial charge in [0, 0.05) is 24.7 Å². The van der Waals surface area contributed by atoms with E-state index in [1.165, 1.54) is 5.56 Å². The van der Waals surface area contributed by atoms with E-state index in [-0.39, 0.29) is 42.7 Å². The van der Waals surface area contributed by atoms with E-state index in [0.717, 1.165) is 22.9 Å². The van der Waals surface area contributed by atoms with Crippen molar-refractivity contribution < 1.29 is 23.9 Å². The molecule has 1 aromatic carbocycles. The second-order valence-electron chi connectivity index (χ2n) is 12.1. The SMILES string of the molecule is CCc1ccc2cnc(/C=C/C(C)(C)C(=O)NC(C(=O)NC(C)C(=O)N3CCCC(C(=O)OCCCl)C3)C(C)C)cc2c1. The molecular formula is C33H45ClN4O5. The molecule has 0 aliphatic carbocycles. The zero-order valence-electron chi connectivity index (χ0n) is 26.1. The van der Waals surface area contributed by atoms with Crippen LogP contribution in [0.5, 0.6) is 0 Å². The van der Waals surface area contributed by atoms with E-state index in [1.54, 1.807) is 31.7 Å². The zero-order chi connectivity index (χ0) is 31.7. The summed E-state index contributed by atoms with van der Waals surface area (Å²) < 4.78 is 5.15. The highest BCUT2D eigenvalue weighted by atomic mass is 35.5. The first-order chi connectivity index (χ1) is 20.4. The Morgan fingerprint density at radius 3 is 2.56 bits per heavy atom. The van der Waals surface area contributed by atoms with Gasteiger partial charge in [0.15, 0.2) is 0 Å². The van der Waals surface area contributed by atoms with Crippen LogP contribution in [-0.2, 0) is 30.3 Å². The highest BCUT2D eigenvalue weighted by molar-refractivity contribution is 6.18. The van der Waals surface area contributed by atoms with E-state index in [1.807, 2.05) is 32.2 Å². The molecule has 1 saturated heterocycles. The van der Waals surface area contributed by atoms with Crippen molar-refractivity contribution >= 4 is 52.1 Å². The lowest BCUT2D eigenvalue weighted by molar-refractivity contribution is -0.151. The fraction of sp³-hybridized carbons (Fsp3) is 0.545. The quantitative estimate of drug-likeness (QED) is 0.269. The lowest BCUT2D eigenvalue weighted by Crippen LogP contribution is -2.57. The molecule has 0 saturated carbocycles. The van der Waals surface area contributed by atoms with Crippen LogP contribution in [-0.4, -0.2) is 71.2 Å². The molecule has 2 heterocycles. The first-order valence-electron chi connectivity index (χ1n) is 15.1. The minimum Gasteiger partial charge on any atom is -0.464 e. The molecule has 1 aliphatic heterocycles. The number of benzene rings is 1. The third-order valence-corrected chi connectivity index (χ3v) is 7.98. The second kappa shape index (κ2) is 15.3. The van der Waals surface area contributed by atoms with Crippen LogP contribution in [0, 0.1) is 17.3 Å². The molecule has 3 unspecified atom stereocenters. The lowest BCUT2D eigenvalue weighted by atomic mass is 9.90. The molecule has 3 amide bonds. The van der Waals surface area contributed by atoms with Gasteiger partial charge >= 0.3 is 5.97 Å². The summed E-state index contributed by atoms with van der Waals surface area (Å²) >= 11 is 5.61. The van der Waals surface area contributed by atoms with Gasteiger partial charge in [0.1, 0.15) is 18.7 Å². The van der Waals surface area contributed by atoms with Gasteiger partial charge in [-0.3, -0.25) is 24.2 Å². The number of ether oxygens (including phenoxy) is 1. The third-order valence-electron chi connectivity index (χ3n) is 7.82. The number of carbonyl (C=O) groups excluding carboxylic acids is 4. The van der Waals surface area contributed by atoms with Crippen molar-refractivity contribution in [2.24, 2.45) is 17.3 Å². The Kier molecular flexibility index (Phi) is 12.1. The summed E-state index contributed by atoms with van der Waals surface area (Å²) in [5.41, 5.74) is 1.04. The van der Waals surface area contributed by atoms with Crippen molar-refractivity contribution in [3.8, 4) is 0 Å². The maximum Gasteiger partial charge on any atom is 0.310 e. The molecule has 3 rings (SSSR count). The molecule has 2 N–H and O–H groups in total. The van der Waals surface area contributed by atoms with Crippen molar-refractivity contribution in [3.63, 3.8) is 0 Å². The minimum absolute atomic E-state index is 0.131. The third kappa shape index (κ3) is 9.26. The van der Waals surface area contributed by atoms with E-state index in [2.05, 4.69) is 40.7 Å². The van der Waals surface area contributed by atoms with Crippen LogP contribution >= 0.6 is 11.6 Å². The number of hydrogen-bond acceptors (Lipinski definition) is 6. The average molecular weight is 613 g/mol. The van der Waals surface area contributed by atoms with Crippen molar-refractivity contribution in [1.82, 2.24) is 20.5 Å². The van der Waals surface area contributed by atoms with Gasteiger partial charge in [0.25, 0.3) is 0 Å². The van der Waals surface area contributed by atoms with Gasteiger partial charge in [0.05, 0.1) is 22.9 Å². The van der Waals surface area contributed by atoms with Gasteiger partial charge < -0.3 is 20.3 Å². The topological polar surface area (TPSA) is 118 Å². The van der Waals surface area contributed by atoms with Crippen LogP contribution in [0.25, 0.3) is 16.8 Å². The molecule has 10 heteroatoms. The van der Waals surface area contributed by atoms with Crippen LogP contribution < -0.4 is 10.6 Å². The van der Waals surface area contributed by atoms with Crippen LogP contribution in [0.15, 0.2) is 36.5 Å². The van der Waals surface area contributed by atoms with E-state index in [4.69, 9.17) is 16.3 Å². The van der Waals surface area contributed by atoms with Gasteiger partial charge in [-0.1, -0.05) is 45.0 Å². The molecular weight excluding hydrogens is 568 g/mol. The number of fused-ring (bicyclic) bond motifs is 1. The van der Waals surface area contributed by atoms with Crippen LogP contribution in [0.2, 0.25) is 0 Å². The Labute approximate surface area is 259 Å². The molecule has 2 aromatic rings. The predicted molar refractivity (Wildman–Crippen MR) is 169 cm³/mol. The van der Waals surface area contributed by atoms with E-state index < -0.39 is 29.3 Å². The van der Waals surface area contributed by atoms with Crippen molar-refractivity contribution in [2.45, 2.75) is 72.9 Å². The summed E-state index contributed by atoms with van der Waals surface area (Å²) in [5.74, 6) is -1.84. The second-order valence-corrected chi connectivity index (χ2v) is 12.5. The average Bonchev–Trinajstić information content (AvgIpc) is 3.00. The van der Waals surface area contributed by atoms with E-state index in [9.17, 15) is 19.2 Å². The Balaban J connectivity index is 1.62. The van der Waals surface area contributed by atoms with E-state index >= 15 is 0 Å². The zero-order valence-corrected chi connectivity index (χ0v) is 26.9. The molecule has 0 radical (unpaired) electrons. The number of aryl methyl sites for hydroxylation is 1. The fourth-order valence-electron chi connectivity index (χ4n) is 5.02. The number of aromatic nitrogens is 1. The number of hydrogen-bond donors (Lipinski definition) is 2. The van der Waals surface area contributed by atoms with E-state index in [0.29, 0.717) is 19.4 Å². The number of piperidine rings is 1. The molecule has 9 nitrogen and oxygen atoms in total. The highest BCUT2D eigenvalue weighted by Crippen LogP contribution is 2.23. The monoisotopic (exact) mass is 612 g/mol. The van der Waals surface area contributed by atoms with Crippen LogP contribution in [0.4, 0.5) is 0 Å². The lowest BCUT2D eigenvalue weighted by Gasteiger charge is -2.34. The van der Waals surface area contributed by atoms with Crippen molar-refractivity contribution in [2.75, 3.05) is 25.6 Å². The maximum atomic E-state index is 13.4. The first kappa shape index (κ1) is 34.0. The number of nitrogens with one attached hydrogen (secondary N) is 2. The smallest absolute Gasteiger partial charge is 0.310 e. The number of halogens is 1. The fourth-order valence-corrected chi connectivity index (χ4v) is 5.09. The predicted octanol–water partition coefficient (Wildman–Crippen LogP) is 4.50. The maximum absolute atomic E-state index is 13.4. The Morgan fingerprint density at radius 1 is 1.14 bits per heavy atom. The number of likely N-dealkylation sites (tertiary alicyclic amines) is 1. The largest absolute Gasteiger partial charge is 0.464 e. The standard InChI is InChI=1S/C33H45ClN4O5/c1-7-23-10-11-24-19-35-27(18-26(24)17-23)12-13-33(5,6)32(42)37-28(21(2)3)29(39)36-22(4)30(40)38-15-8-9-25(20-38)31(41)43-16-14-34/h10-13,17-19,21-22,25,28H,7-9,14-16,20H2,1-6H3,(H,36,39)(H,37,42)/b13-12+. The van der Waals surface area contributed by atoms with Crippen LogP contribution in [0.1, 0.15) is 65.6 Å². The van der Waals surface area contributed by atoms with Crippen molar-refractivity contribution in [3.05, 3.63) is 47.8 Å². The number of nitrogens with zero attached hydrogens (tertiary/aromatic N) is 2. The Hall–Kier alpha value is -3.46. The summed E-state index contributed by atoms with van der Waals surface area (Å²) in [4.78, 5) is 58.2. The molecule has 3 atom stereocenters. The highest BCUT2D eigenvalue weighted by Gasteiger charge is 2.35. The number of rotatable bonds is 12. The normalized spacial score (nSPS) is 17.1. The minimum atomic E-state index is -0.933. The molecule has 43 heavy (non-hydrogen) atoms. The molecule has 1 fully saturated rings. The van der Waals surface area contributed by atoms with Gasteiger partial charge in [-0.15, -0.1) is 11.6 Å². The Bertz CT molecular complexity index is 1340. The summed E-state index contributed by atoms with van der Waals surface area (Å²) in [6.45, 7) is 11.8. The Morgan fingerprint density at radius 2 is 1.88 bits per heavy atom. The molecule has 234 valence electrons. The summed E-state index contributed by atoms with van der Waals surface area (Å²) in [5, 5.41) is 7.79. The number of esters is 1. The summed E-state index contributed by atoms with van der Waals surface area (Å²) in [6.07, 6.45) is 7.66. The number of alkyl halides is 1. The van der Waals surface area contributed by atoms with Gasteiger partial charge in [-0.05, 0) is 69.0 Å². The summed E-state index contributed by atoms with van der Waals surface area (Å²) in [7, 11) is 0. The molecule has 1 aromatic heterocycles. The molecule has 1 aliphatic rings. The van der Waals surface area contributed by atoms with Crippen molar-refractivity contribution in [1.29, 1.82) is 0 Å². The number of carbonyl (C=O) groups is 4. The molecule has 0 bridgehead atoms. The number of amides is 3. The van der Waals surface area contributed by atoms with Gasteiger partial charge in [-0.25, -0.2) is 0 Å². The van der Waals surface area contributed by atoms with Crippen LogP contribution in [0.3, 0.4) is 0 Å². The first-order valence-corrected chi connectivity index (χ1v) is 15.6. The van der Waals surface area contributed by atoms with Gasteiger partial charge in [-0.2, -0.15) is 0 Å². The summed E-state index contributed by atoms with van der Waals surface area (Å²) in [6, 6.07) is 6.61. The number of pyridine rings is 1. The molecule has 0 spiro atoms.